The number of hydrogen-bond acceptors (Lipinski definition) is 4. The van der Waals surface area contributed by atoms with Crippen LogP contribution in [0.3, 0.4) is 0 Å². The third-order valence-corrected chi connectivity index (χ3v) is 4.72. The minimum Gasteiger partial charge on any atom is -0.316 e. The summed E-state index contributed by atoms with van der Waals surface area (Å²) in [7, 11) is -2.13. The molecular weight excluding hydrogens is 335 g/mol. The summed E-state index contributed by atoms with van der Waals surface area (Å²) in [5, 5.41) is 10.0. The lowest BCUT2D eigenvalue weighted by Gasteiger charge is -2.10. The van der Waals surface area contributed by atoms with Gasteiger partial charge in [0.25, 0.3) is 10.0 Å². The predicted molar refractivity (Wildman–Crippen MR) is 83.4 cm³/mol. The molecule has 0 aliphatic rings. The van der Waals surface area contributed by atoms with Gasteiger partial charge in [-0.3, -0.25) is 9.82 Å². The molecule has 0 atom stereocenters. The van der Waals surface area contributed by atoms with Crippen LogP contribution >= 0.6 is 23.2 Å². The Kier molecular flexibility index (Phi) is 4.77. The number of anilines is 1. The average Bonchev–Trinajstić information content (AvgIpc) is 2.77. The van der Waals surface area contributed by atoms with E-state index < -0.39 is 10.0 Å². The summed E-state index contributed by atoms with van der Waals surface area (Å²) in [5.41, 5.74) is 1.46. The molecule has 114 valence electrons. The van der Waals surface area contributed by atoms with Crippen LogP contribution in [-0.4, -0.2) is 25.7 Å². The Balaban J connectivity index is 2.41. The summed E-state index contributed by atoms with van der Waals surface area (Å²) in [6.45, 7) is 2.13. The van der Waals surface area contributed by atoms with E-state index in [1.54, 1.807) is 20.0 Å². The van der Waals surface area contributed by atoms with Crippen molar-refractivity contribution in [3.05, 3.63) is 39.5 Å². The standard InChI is InChI=1S/C12H14Cl2N4O2S/c1-7-9(6-15-2)12(17-16-7)21(19,20)18-11-5-8(13)3-4-10(11)14/h3-5,15,18H,6H2,1-2H3,(H,16,17). The van der Waals surface area contributed by atoms with Gasteiger partial charge in [-0.05, 0) is 32.2 Å². The number of hydrogen-bond donors (Lipinski definition) is 3. The van der Waals surface area contributed by atoms with Crippen molar-refractivity contribution in [2.75, 3.05) is 11.8 Å². The van der Waals surface area contributed by atoms with E-state index in [0.717, 1.165) is 0 Å². The van der Waals surface area contributed by atoms with Gasteiger partial charge in [0.2, 0.25) is 5.03 Å². The molecule has 2 rings (SSSR count). The molecule has 1 heterocycles. The molecule has 9 heteroatoms. The Bertz CT molecular complexity index is 759. The fourth-order valence-electron chi connectivity index (χ4n) is 1.81. The number of nitrogens with one attached hydrogen (secondary N) is 3. The summed E-state index contributed by atoms with van der Waals surface area (Å²) >= 11 is 11.8. The average molecular weight is 349 g/mol. The van der Waals surface area contributed by atoms with Gasteiger partial charge in [-0.25, -0.2) is 0 Å². The van der Waals surface area contributed by atoms with Crippen molar-refractivity contribution in [2.45, 2.75) is 18.5 Å². The largest absolute Gasteiger partial charge is 0.316 e. The molecule has 0 fully saturated rings. The van der Waals surface area contributed by atoms with E-state index in [-0.39, 0.29) is 15.7 Å². The van der Waals surface area contributed by atoms with Crippen LogP contribution in [0.2, 0.25) is 10.0 Å². The van der Waals surface area contributed by atoms with Crippen LogP contribution in [0, 0.1) is 6.92 Å². The van der Waals surface area contributed by atoms with E-state index in [2.05, 4.69) is 20.2 Å². The highest BCUT2D eigenvalue weighted by Crippen LogP contribution is 2.28. The molecule has 0 spiro atoms. The van der Waals surface area contributed by atoms with Crippen LogP contribution in [0.4, 0.5) is 5.69 Å². The van der Waals surface area contributed by atoms with E-state index in [1.807, 2.05) is 0 Å². The van der Waals surface area contributed by atoms with E-state index in [0.29, 0.717) is 22.8 Å². The number of benzene rings is 1. The maximum absolute atomic E-state index is 12.5. The van der Waals surface area contributed by atoms with Gasteiger partial charge in [0.05, 0.1) is 10.7 Å². The molecule has 0 aliphatic carbocycles. The van der Waals surface area contributed by atoms with Gasteiger partial charge in [0.15, 0.2) is 0 Å². The Labute approximate surface area is 132 Å². The van der Waals surface area contributed by atoms with E-state index in [9.17, 15) is 8.42 Å². The van der Waals surface area contributed by atoms with Crippen molar-refractivity contribution in [3.63, 3.8) is 0 Å². The van der Waals surface area contributed by atoms with E-state index >= 15 is 0 Å². The molecular formula is C12H14Cl2N4O2S. The zero-order valence-corrected chi connectivity index (χ0v) is 13.7. The van der Waals surface area contributed by atoms with Crippen molar-refractivity contribution in [3.8, 4) is 0 Å². The van der Waals surface area contributed by atoms with Crippen molar-refractivity contribution >= 4 is 38.9 Å². The zero-order chi connectivity index (χ0) is 15.6. The van der Waals surface area contributed by atoms with Crippen molar-refractivity contribution in [2.24, 2.45) is 0 Å². The Morgan fingerprint density at radius 3 is 2.71 bits per heavy atom. The van der Waals surface area contributed by atoms with Gasteiger partial charge in [-0.15, -0.1) is 0 Å². The summed E-state index contributed by atoms with van der Waals surface area (Å²) in [6, 6.07) is 4.54. The number of sulfonamides is 1. The third kappa shape index (κ3) is 3.49. The smallest absolute Gasteiger partial charge is 0.281 e. The Hall–Kier alpha value is -1.28. The van der Waals surface area contributed by atoms with Gasteiger partial charge < -0.3 is 5.32 Å². The number of halogens is 2. The molecule has 0 amide bonds. The maximum atomic E-state index is 12.5. The number of aromatic amines is 1. The quantitative estimate of drug-likeness (QED) is 0.774. The van der Waals surface area contributed by atoms with Gasteiger partial charge in [-0.1, -0.05) is 23.2 Å². The SMILES string of the molecule is CNCc1c(S(=O)(=O)Nc2cc(Cl)ccc2Cl)n[nH]c1C. The van der Waals surface area contributed by atoms with Crippen LogP contribution in [0.25, 0.3) is 0 Å². The summed E-state index contributed by atoms with van der Waals surface area (Å²) in [4.78, 5) is 0. The summed E-state index contributed by atoms with van der Waals surface area (Å²) in [6.07, 6.45) is 0. The first-order valence-electron chi connectivity index (χ1n) is 6.01. The third-order valence-electron chi connectivity index (χ3n) is 2.82. The van der Waals surface area contributed by atoms with Crippen LogP contribution in [-0.2, 0) is 16.6 Å². The van der Waals surface area contributed by atoms with Crippen molar-refractivity contribution < 1.29 is 8.42 Å². The predicted octanol–water partition coefficient (Wildman–Crippen LogP) is 2.55. The second kappa shape index (κ2) is 6.23. The minimum atomic E-state index is -3.86. The molecule has 1 aromatic heterocycles. The zero-order valence-electron chi connectivity index (χ0n) is 11.4. The van der Waals surface area contributed by atoms with Gasteiger partial charge >= 0.3 is 0 Å². The molecule has 0 aliphatic heterocycles. The molecule has 0 saturated heterocycles. The van der Waals surface area contributed by atoms with Gasteiger partial charge in [0.1, 0.15) is 0 Å². The molecule has 6 nitrogen and oxygen atoms in total. The molecule has 21 heavy (non-hydrogen) atoms. The minimum absolute atomic E-state index is 0.0645. The Morgan fingerprint density at radius 2 is 2.05 bits per heavy atom. The highest BCUT2D eigenvalue weighted by Gasteiger charge is 2.24. The van der Waals surface area contributed by atoms with Gasteiger partial charge in [0, 0.05) is 22.8 Å². The van der Waals surface area contributed by atoms with E-state index in [4.69, 9.17) is 23.2 Å². The lowest BCUT2D eigenvalue weighted by Crippen LogP contribution is -2.17. The van der Waals surface area contributed by atoms with E-state index in [1.165, 1.54) is 12.1 Å². The summed E-state index contributed by atoms with van der Waals surface area (Å²) < 4.78 is 27.3. The van der Waals surface area contributed by atoms with Crippen LogP contribution in [0.15, 0.2) is 23.2 Å². The van der Waals surface area contributed by atoms with Crippen LogP contribution in [0.5, 0.6) is 0 Å². The molecule has 3 N–H and O–H groups in total. The normalized spacial score (nSPS) is 11.6. The lowest BCUT2D eigenvalue weighted by atomic mass is 10.3. The molecule has 0 bridgehead atoms. The first-order chi connectivity index (χ1) is 9.85. The fraction of sp³-hybridized carbons (Fsp3) is 0.250. The second-order valence-electron chi connectivity index (χ2n) is 4.39. The lowest BCUT2D eigenvalue weighted by molar-refractivity contribution is 0.595. The number of H-pyrrole nitrogens is 1. The second-order valence-corrected chi connectivity index (χ2v) is 6.83. The van der Waals surface area contributed by atoms with Crippen LogP contribution < -0.4 is 10.0 Å². The number of rotatable bonds is 5. The molecule has 2 aromatic rings. The monoisotopic (exact) mass is 348 g/mol. The highest BCUT2D eigenvalue weighted by atomic mass is 35.5. The molecule has 0 saturated carbocycles. The van der Waals surface area contributed by atoms with Crippen LogP contribution in [0.1, 0.15) is 11.3 Å². The summed E-state index contributed by atoms with van der Waals surface area (Å²) in [5.74, 6) is 0. The first kappa shape index (κ1) is 16.1. The molecule has 1 aromatic carbocycles. The topological polar surface area (TPSA) is 86.9 Å². The molecule has 0 unspecified atom stereocenters. The number of aryl methyl sites for hydroxylation is 1. The highest BCUT2D eigenvalue weighted by molar-refractivity contribution is 7.92. The first-order valence-corrected chi connectivity index (χ1v) is 8.25. The van der Waals surface area contributed by atoms with Crippen molar-refractivity contribution in [1.29, 1.82) is 0 Å². The maximum Gasteiger partial charge on any atom is 0.281 e. The Morgan fingerprint density at radius 1 is 1.33 bits per heavy atom. The fourth-order valence-corrected chi connectivity index (χ4v) is 3.47. The van der Waals surface area contributed by atoms with Gasteiger partial charge in [-0.2, -0.15) is 13.5 Å². The molecule has 0 radical (unpaired) electrons. The number of aromatic nitrogens is 2. The number of nitrogens with zero attached hydrogens (tertiary/aromatic N) is 1. The van der Waals surface area contributed by atoms with Crippen molar-refractivity contribution in [1.82, 2.24) is 15.5 Å².